The van der Waals surface area contributed by atoms with Crippen molar-refractivity contribution >= 4 is 11.6 Å². The summed E-state index contributed by atoms with van der Waals surface area (Å²) in [5, 5.41) is 11.5. The van der Waals surface area contributed by atoms with Gasteiger partial charge in [0.15, 0.2) is 0 Å². The topological polar surface area (TPSA) is 49.3 Å². The Morgan fingerprint density at radius 2 is 1.86 bits per heavy atom. The van der Waals surface area contributed by atoms with Gasteiger partial charge in [-0.05, 0) is 49.7 Å². The van der Waals surface area contributed by atoms with Crippen LogP contribution in [0.1, 0.15) is 27.0 Å². The second kappa shape index (κ2) is 6.74. The Kier molecular flexibility index (Phi) is 4.76. The van der Waals surface area contributed by atoms with E-state index in [0.717, 1.165) is 22.4 Å². The average Bonchev–Trinajstić information content (AvgIpc) is 2.46. The second-order valence-electron chi connectivity index (χ2n) is 4.81. The number of anilines is 1. The van der Waals surface area contributed by atoms with Gasteiger partial charge >= 0.3 is 0 Å². The van der Waals surface area contributed by atoms with Crippen molar-refractivity contribution in [3.63, 3.8) is 0 Å². The number of hydrogen-bond donors (Lipinski definition) is 2. The van der Waals surface area contributed by atoms with Crippen molar-refractivity contribution in [3.05, 3.63) is 64.7 Å². The van der Waals surface area contributed by atoms with Crippen LogP contribution in [-0.2, 0) is 0 Å². The first-order valence-electron chi connectivity index (χ1n) is 6.68. The first kappa shape index (κ1) is 14.8. The van der Waals surface area contributed by atoms with E-state index in [2.05, 4.69) is 17.2 Å². The van der Waals surface area contributed by atoms with Crippen molar-refractivity contribution < 1.29 is 9.90 Å². The summed E-state index contributed by atoms with van der Waals surface area (Å²) < 4.78 is 0. The second-order valence-corrected chi connectivity index (χ2v) is 4.81. The van der Waals surface area contributed by atoms with Crippen molar-refractivity contribution in [2.75, 3.05) is 11.9 Å². The number of nitrogens with one attached hydrogen (secondary N) is 1. The van der Waals surface area contributed by atoms with E-state index >= 15 is 0 Å². The van der Waals surface area contributed by atoms with Crippen molar-refractivity contribution in [1.29, 1.82) is 0 Å². The average molecular weight is 279 g/mol. The number of aryl methyl sites for hydroxylation is 2. The Morgan fingerprint density at radius 1 is 1.14 bits per heavy atom. The van der Waals surface area contributed by atoms with E-state index in [1.807, 2.05) is 32.0 Å². The lowest BCUT2D eigenvalue weighted by Crippen LogP contribution is -2.13. The van der Waals surface area contributed by atoms with E-state index in [1.54, 1.807) is 24.3 Å². The molecule has 0 aliphatic carbocycles. The molecule has 0 fully saturated rings. The molecule has 2 N–H and O–H groups in total. The number of amides is 1. The summed E-state index contributed by atoms with van der Waals surface area (Å²) in [6.45, 7) is 3.77. The zero-order chi connectivity index (χ0) is 15.2. The summed E-state index contributed by atoms with van der Waals surface area (Å²) in [6.07, 6.45) is 0. The molecular weight excluding hydrogens is 262 g/mol. The first-order chi connectivity index (χ1) is 10.1. The van der Waals surface area contributed by atoms with Crippen LogP contribution in [0.2, 0.25) is 0 Å². The Balaban J connectivity index is 2.12. The van der Waals surface area contributed by atoms with Crippen LogP contribution < -0.4 is 5.32 Å². The van der Waals surface area contributed by atoms with Crippen LogP contribution in [0.3, 0.4) is 0 Å². The third-order valence-electron chi connectivity index (χ3n) is 3.08. The molecule has 0 atom stereocenters. The molecule has 0 heterocycles. The molecule has 3 heteroatoms. The van der Waals surface area contributed by atoms with Crippen LogP contribution in [0.5, 0.6) is 0 Å². The summed E-state index contributed by atoms with van der Waals surface area (Å²) >= 11 is 0. The molecule has 0 saturated heterocycles. The van der Waals surface area contributed by atoms with Gasteiger partial charge in [-0.3, -0.25) is 4.79 Å². The maximum atomic E-state index is 12.2. The number of aliphatic hydroxyl groups excluding tert-OH is 1. The summed E-state index contributed by atoms with van der Waals surface area (Å²) in [4.78, 5) is 12.2. The highest BCUT2D eigenvalue weighted by Gasteiger charge is 2.09. The summed E-state index contributed by atoms with van der Waals surface area (Å²) in [6, 6.07) is 12.9. The van der Waals surface area contributed by atoms with E-state index in [4.69, 9.17) is 5.11 Å². The maximum absolute atomic E-state index is 12.2. The van der Waals surface area contributed by atoms with Crippen LogP contribution in [0.4, 0.5) is 5.69 Å². The lowest BCUT2D eigenvalue weighted by atomic mass is 10.1. The molecule has 1 amide bonds. The van der Waals surface area contributed by atoms with E-state index in [0.29, 0.717) is 5.56 Å². The van der Waals surface area contributed by atoms with E-state index in [9.17, 15) is 4.79 Å². The van der Waals surface area contributed by atoms with Gasteiger partial charge in [-0.15, -0.1) is 0 Å². The highest BCUT2D eigenvalue weighted by molar-refractivity contribution is 6.05. The number of benzene rings is 2. The van der Waals surface area contributed by atoms with Gasteiger partial charge in [0, 0.05) is 16.8 Å². The van der Waals surface area contributed by atoms with Gasteiger partial charge in [-0.1, -0.05) is 29.5 Å². The fourth-order valence-corrected chi connectivity index (χ4v) is 2.05. The smallest absolute Gasteiger partial charge is 0.255 e. The van der Waals surface area contributed by atoms with E-state index in [1.165, 1.54) is 0 Å². The Labute approximate surface area is 124 Å². The molecule has 0 saturated carbocycles. The lowest BCUT2D eigenvalue weighted by molar-refractivity contribution is 0.102. The SMILES string of the molecule is Cc1ccc(C(=O)Nc2ccc(C#CCO)cc2)c(C)c1. The third kappa shape index (κ3) is 3.95. The molecule has 2 aromatic rings. The normalized spacial score (nSPS) is 9.67. The highest BCUT2D eigenvalue weighted by atomic mass is 16.2. The number of hydrogen-bond acceptors (Lipinski definition) is 2. The van der Waals surface area contributed by atoms with Crippen LogP contribution in [0, 0.1) is 25.7 Å². The van der Waals surface area contributed by atoms with Crippen LogP contribution in [-0.4, -0.2) is 17.6 Å². The van der Waals surface area contributed by atoms with Gasteiger partial charge in [0.05, 0.1) is 0 Å². The quantitative estimate of drug-likeness (QED) is 0.830. The molecule has 0 spiro atoms. The maximum Gasteiger partial charge on any atom is 0.255 e. The van der Waals surface area contributed by atoms with Gasteiger partial charge in [-0.2, -0.15) is 0 Å². The monoisotopic (exact) mass is 279 g/mol. The molecule has 0 bridgehead atoms. The van der Waals surface area contributed by atoms with Crippen molar-refractivity contribution in [2.24, 2.45) is 0 Å². The Morgan fingerprint density at radius 3 is 2.48 bits per heavy atom. The van der Waals surface area contributed by atoms with Gasteiger partial charge in [0.2, 0.25) is 0 Å². The summed E-state index contributed by atoms with van der Waals surface area (Å²) in [5.74, 6) is 5.27. The minimum Gasteiger partial charge on any atom is -0.384 e. The largest absolute Gasteiger partial charge is 0.384 e. The minimum absolute atomic E-state index is 0.123. The molecule has 0 unspecified atom stereocenters. The fraction of sp³-hybridized carbons (Fsp3) is 0.167. The van der Waals surface area contributed by atoms with Crippen molar-refractivity contribution in [1.82, 2.24) is 0 Å². The first-order valence-corrected chi connectivity index (χ1v) is 6.68. The zero-order valence-corrected chi connectivity index (χ0v) is 12.1. The molecule has 0 radical (unpaired) electrons. The van der Waals surface area contributed by atoms with Crippen molar-refractivity contribution in [2.45, 2.75) is 13.8 Å². The van der Waals surface area contributed by atoms with E-state index < -0.39 is 0 Å². The number of carbonyl (C=O) groups excluding carboxylic acids is 1. The molecular formula is C18H17NO2. The summed E-state index contributed by atoms with van der Waals surface area (Å²) in [7, 11) is 0. The highest BCUT2D eigenvalue weighted by Crippen LogP contribution is 2.14. The minimum atomic E-state index is -0.162. The molecule has 2 rings (SSSR count). The molecule has 106 valence electrons. The molecule has 0 aromatic heterocycles. The molecule has 21 heavy (non-hydrogen) atoms. The molecule has 0 aliphatic rings. The third-order valence-corrected chi connectivity index (χ3v) is 3.08. The molecule has 3 nitrogen and oxygen atoms in total. The van der Waals surface area contributed by atoms with Crippen LogP contribution in [0.25, 0.3) is 0 Å². The van der Waals surface area contributed by atoms with Gasteiger partial charge in [-0.25, -0.2) is 0 Å². The Hall–Kier alpha value is -2.57. The lowest BCUT2D eigenvalue weighted by Gasteiger charge is -2.08. The standard InChI is InChI=1S/C18H17NO2/c1-13-5-10-17(14(2)12-13)18(21)19-16-8-6-15(7-9-16)4-3-11-20/h5-10,12,20H,11H2,1-2H3,(H,19,21). The van der Waals surface area contributed by atoms with Crippen LogP contribution in [0.15, 0.2) is 42.5 Å². The van der Waals surface area contributed by atoms with Gasteiger partial charge < -0.3 is 10.4 Å². The Bertz CT molecular complexity index is 706. The predicted molar refractivity (Wildman–Crippen MR) is 84.3 cm³/mol. The van der Waals surface area contributed by atoms with Crippen molar-refractivity contribution in [3.8, 4) is 11.8 Å². The van der Waals surface area contributed by atoms with Gasteiger partial charge in [0.1, 0.15) is 6.61 Å². The van der Waals surface area contributed by atoms with Crippen LogP contribution >= 0.6 is 0 Å². The molecule has 2 aromatic carbocycles. The number of carbonyl (C=O) groups is 1. The van der Waals surface area contributed by atoms with Gasteiger partial charge in [0.25, 0.3) is 5.91 Å². The predicted octanol–water partition coefficient (Wildman–Crippen LogP) is 2.90. The zero-order valence-electron chi connectivity index (χ0n) is 12.1. The summed E-state index contributed by atoms with van der Waals surface area (Å²) in [5.41, 5.74) is 4.28. The molecule has 0 aliphatic heterocycles. The van der Waals surface area contributed by atoms with E-state index in [-0.39, 0.29) is 12.5 Å². The fourth-order valence-electron chi connectivity index (χ4n) is 2.05. The number of rotatable bonds is 2. The number of aliphatic hydroxyl groups is 1.